The van der Waals surface area contributed by atoms with Gasteiger partial charge in [-0.2, -0.15) is 0 Å². The molecule has 2 heteroatoms. The molecule has 0 rings (SSSR count). The Bertz CT molecular complexity index is 301. The molecule has 24 heavy (non-hydrogen) atoms. The lowest BCUT2D eigenvalue weighted by Gasteiger charge is -2.03. The predicted octanol–water partition coefficient (Wildman–Crippen LogP) is 6.63. The van der Waals surface area contributed by atoms with Crippen molar-refractivity contribution < 1.29 is 4.79 Å². The fraction of sp³-hybridized carbons (Fsp3) is 0.864. The van der Waals surface area contributed by atoms with Crippen molar-refractivity contribution in [1.29, 1.82) is 0 Å². The van der Waals surface area contributed by atoms with Gasteiger partial charge in [0.25, 0.3) is 0 Å². The van der Waals surface area contributed by atoms with Gasteiger partial charge in [-0.1, -0.05) is 104 Å². The zero-order valence-electron chi connectivity index (χ0n) is 17.0. The Hall–Kier alpha value is -0.970. The minimum absolute atomic E-state index is 0.144. The average Bonchev–Trinajstić information content (AvgIpc) is 2.61. The van der Waals surface area contributed by atoms with Gasteiger partial charge in [0, 0.05) is 6.42 Å². The van der Waals surface area contributed by atoms with Crippen LogP contribution in [0.4, 0.5) is 0 Å². The Morgan fingerprint density at radius 2 is 1.17 bits per heavy atom. The number of carbonyl (C=O) groups excluding carboxylic acids is 1. The number of carbonyl (C=O) groups is 1. The normalized spacial score (nSPS) is 9.50. The van der Waals surface area contributed by atoms with Gasteiger partial charge in [0.1, 0.15) is 0 Å². The van der Waals surface area contributed by atoms with Crippen LogP contribution in [0.1, 0.15) is 118 Å². The van der Waals surface area contributed by atoms with Gasteiger partial charge in [-0.05, 0) is 13.3 Å². The molecule has 0 heterocycles. The van der Waals surface area contributed by atoms with Gasteiger partial charge in [-0.15, -0.1) is 5.92 Å². The molecule has 0 unspecified atom stereocenters. The van der Waals surface area contributed by atoms with Crippen LogP contribution in [0.5, 0.6) is 0 Å². The SMILES string of the molecule is CC.CC#CCNC(=O)CCCCCCCCCCCCCCC. The van der Waals surface area contributed by atoms with Crippen molar-refractivity contribution in [3.8, 4) is 11.8 Å². The zero-order valence-corrected chi connectivity index (χ0v) is 17.0. The summed E-state index contributed by atoms with van der Waals surface area (Å²) in [6.45, 7) is 8.56. The largest absolute Gasteiger partial charge is 0.345 e. The van der Waals surface area contributed by atoms with Crippen LogP contribution in [0.2, 0.25) is 0 Å². The Labute approximate surface area is 152 Å². The van der Waals surface area contributed by atoms with Crippen LogP contribution in [0.15, 0.2) is 0 Å². The summed E-state index contributed by atoms with van der Waals surface area (Å²) in [5, 5.41) is 2.81. The van der Waals surface area contributed by atoms with E-state index in [1.165, 1.54) is 77.0 Å². The Morgan fingerprint density at radius 1 is 0.750 bits per heavy atom. The minimum Gasteiger partial charge on any atom is -0.345 e. The molecule has 0 bridgehead atoms. The number of hydrogen-bond acceptors (Lipinski definition) is 1. The van der Waals surface area contributed by atoms with Crippen LogP contribution in [-0.2, 0) is 4.79 Å². The first-order chi connectivity index (χ1) is 11.8. The molecule has 0 aromatic heterocycles. The van der Waals surface area contributed by atoms with E-state index in [4.69, 9.17) is 0 Å². The van der Waals surface area contributed by atoms with Gasteiger partial charge >= 0.3 is 0 Å². The Balaban J connectivity index is 0. The highest BCUT2D eigenvalue weighted by Gasteiger charge is 1.99. The first-order valence-electron chi connectivity index (χ1n) is 10.5. The van der Waals surface area contributed by atoms with E-state index in [2.05, 4.69) is 24.1 Å². The van der Waals surface area contributed by atoms with Crippen LogP contribution in [0, 0.1) is 11.8 Å². The highest BCUT2D eigenvalue weighted by Crippen LogP contribution is 2.12. The summed E-state index contributed by atoms with van der Waals surface area (Å²) in [6, 6.07) is 0. The van der Waals surface area contributed by atoms with Crippen LogP contribution < -0.4 is 5.32 Å². The molecule has 0 fully saturated rings. The van der Waals surface area contributed by atoms with Crippen molar-refractivity contribution in [1.82, 2.24) is 5.32 Å². The second-order valence-corrected chi connectivity index (χ2v) is 6.20. The summed E-state index contributed by atoms with van der Waals surface area (Å²) in [6.07, 6.45) is 18.1. The number of amides is 1. The van der Waals surface area contributed by atoms with E-state index in [0.717, 1.165) is 6.42 Å². The fourth-order valence-electron chi connectivity index (χ4n) is 2.62. The summed E-state index contributed by atoms with van der Waals surface area (Å²) in [7, 11) is 0. The van der Waals surface area contributed by atoms with Crippen molar-refractivity contribution >= 4 is 5.91 Å². The maximum absolute atomic E-state index is 11.4. The number of nitrogens with one attached hydrogen (secondary N) is 1. The van der Waals surface area contributed by atoms with Crippen LogP contribution >= 0.6 is 0 Å². The maximum Gasteiger partial charge on any atom is 0.220 e. The van der Waals surface area contributed by atoms with E-state index >= 15 is 0 Å². The predicted molar refractivity (Wildman–Crippen MR) is 108 cm³/mol. The van der Waals surface area contributed by atoms with Crippen molar-refractivity contribution in [3.05, 3.63) is 0 Å². The van der Waals surface area contributed by atoms with Crippen LogP contribution in [-0.4, -0.2) is 12.5 Å². The van der Waals surface area contributed by atoms with E-state index in [0.29, 0.717) is 13.0 Å². The molecule has 2 nitrogen and oxygen atoms in total. The highest BCUT2D eigenvalue weighted by molar-refractivity contribution is 5.76. The molecule has 0 aliphatic heterocycles. The number of rotatable bonds is 15. The molecule has 0 saturated heterocycles. The Morgan fingerprint density at radius 3 is 1.58 bits per heavy atom. The van der Waals surface area contributed by atoms with Crippen LogP contribution in [0.25, 0.3) is 0 Å². The first-order valence-corrected chi connectivity index (χ1v) is 10.5. The highest BCUT2D eigenvalue weighted by atomic mass is 16.1. The van der Waals surface area contributed by atoms with E-state index in [1.807, 2.05) is 13.8 Å². The van der Waals surface area contributed by atoms with Gasteiger partial charge in [0.15, 0.2) is 0 Å². The van der Waals surface area contributed by atoms with E-state index in [1.54, 1.807) is 6.92 Å². The summed E-state index contributed by atoms with van der Waals surface area (Å²) >= 11 is 0. The third kappa shape index (κ3) is 23.3. The molecule has 1 N–H and O–H groups in total. The quantitative estimate of drug-likeness (QED) is 0.263. The van der Waals surface area contributed by atoms with Crippen molar-refractivity contribution in [3.63, 3.8) is 0 Å². The third-order valence-electron chi connectivity index (χ3n) is 4.06. The van der Waals surface area contributed by atoms with Crippen LogP contribution in [0.3, 0.4) is 0 Å². The zero-order chi connectivity index (χ0) is 18.3. The molecule has 0 aliphatic rings. The average molecular weight is 338 g/mol. The van der Waals surface area contributed by atoms with Gasteiger partial charge in [0.05, 0.1) is 6.54 Å². The van der Waals surface area contributed by atoms with Gasteiger partial charge in [-0.25, -0.2) is 0 Å². The maximum atomic E-state index is 11.4. The lowest BCUT2D eigenvalue weighted by atomic mass is 10.0. The first kappa shape index (κ1) is 25.3. The second-order valence-electron chi connectivity index (χ2n) is 6.20. The molecule has 0 atom stereocenters. The standard InChI is InChI=1S/C20H37NO.C2H6/c1-3-5-7-8-9-10-11-12-13-14-15-16-17-18-20(22)21-19-6-4-2;1-2/h3,5,7-19H2,1-2H3,(H,21,22);1-2H3. The van der Waals surface area contributed by atoms with Gasteiger partial charge in [0.2, 0.25) is 5.91 Å². The smallest absolute Gasteiger partial charge is 0.220 e. The summed E-state index contributed by atoms with van der Waals surface area (Å²) in [5.41, 5.74) is 0. The molecule has 0 radical (unpaired) electrons. The molecule has 0 aromatic carbocycles. The monoisotopic (exact) mass is 337 g/mol. The fourth-order valence-corrected chi connectivity index (χ4v) is 2.62. The summed E-state index contributed by atoms with van der Waals surface area (Å²) < 4.78 is 0. The molecule has 1 amide bonds. The molecule has 0 aromatic rings. The molecular weight excluding hydrogens is 294 g/mol. The third-order valence-corrected chi connectivity index (χ3v) is 4.06. The molecule has 0 spiro atoms. The van der Waals surface area contributed by atoms with E-state index in [-0.39, 0.29) is 5.91 Å². The molecule has 142 valence electrons. The lowest BCUT2D eigenvalue weighted by Crippen LogP contribution is -2.22. The summed E-state index contributed by atoms with van der Waals surface area (Å²) in [5.74, 6) is 5.77. The molecule has 0 saturated carbocycles. The number of unbranched alkanes of at least 4 members (excludes halogenated alkanes) is 12. The second kappa shape index (κ2) is 24.3. The van der Waals surface area contributed by atoms with Crippen molar-refractivity contribution in [2.24, 2.45) is 0 Å². The minimum atomic E-state index is 0.144. The van der Waals surface area contributed by atoms with E-state index < -0.39 is 0 Å². The van der Waals surface area contributed by atoms with Crippen molar-refractivity contribution in [2.45, 2.75) is 118 Å². The van der Waals surface area contributed by atoms with Crippen molar-refractivity contribution in [2.75, 3.05) is 6.54 Å². The lowest BCUT2D eigenvalue weighted by molar-refractivity contribution is -0.120. The van der Waals surface area contributed by atoms with E-state index in [9.17, 15) is 4.79 Å². The summed E-state index contributed by atoms with van der Waals surface area (Å²) in [4.78, 5) is 11.4. The Kier molecular flexibility index (Phi) is 25.6. The van der Waals surface area contributed by atoms with Gasteiger partial charge < -0.3 is 5.32 Å². The van der Waals surface area contributed by atoms with Gasteiger partial charge in [-0.3, -0.25) is 4.79 Å². The topological polar surface area (TPSA) is 29.1 Å². The number of hydrogen-bond donors (Lipinski definition) is 1. The molecular formula is C22H43NO. The molecule has 0 aliphatic carbocycles.